The first-order valence-electron chi connectivity index (χ1n) is 13.3. The van der Waals surface area contributed by atoms with Gasteiger partial charge in [-0.2, -0.15) is 0 Å². The lowest BCUT2D eigenvalue weighted by molar-refractivity contribution is -0.203. The minimum absolute atomic E-state index is 0.0113. The molecular weight excluding hydrogens is 396 g/mol. The van der Waals surface area contributed by atoms with Gasteiger partial charge in [-0.15, -0.1) is 0 Å². The van der Waals surface area contributed by atoms with Gasteiger partial charge in [0, 0.05) is 5.92 Å². The van der Waals surface area contributed by atoms with Crippen molar-refractivity contribution in [3.8, 4) is 0 Å². The minimum Gasteiger partial charge on any atom is -0.393 e. The first kappa shape index (κ1) is 23.1. The molecule has 0 aromatic carbocycles. The van der Waals surface area contributed by atoms with Crippen LogP contribution < -0.4 is 0 Å². The smallest absolute Gasteiger partial charge is 0.159 e. The zero-order chi connectivity index (χ0) is 23.5. The number of aliphatic hydroxyl groups is 2. The van der Waals surface area contributed by atoms with E-state index in [0.29, 0.717) is 17.6 Å². The van der Waals surface area contributed by atoms with Crippen LogP contribution in [-0.2, 0) is 4.79 Å². The van der Waals surface area contributed by atoms with Crippen molar-refractivity contribution in [2.24, 2.45) is 44.8 Å². The molecule has 0 unspecified atom stereocenters. The fourth-order valence-corrected chi connectivity index (χ4v) is 10.2. The van der Waals surface area contributed by atoms with Gasteiger partial charge in [0.2, 0.25) is 0 Å². The molecule has 3 heteroatoms. The number of ketones is 1. The van der Waals surface area contributed by atoms with Crippen LogP contribution in [0.25, 0.3) is 0 Å². The molecular formula is C29H46O3. The molecule has 2 N–H and O–H groups in total. The lowest BCUT2D eigenvalue weighted by Gasteiger charge is -2.70. The first-order chi connectivity index (χ1) is 14.6. The summed E-state index contributed by atoms with van der Waals surface area (Å²) in [4.78, 5) is 14.1. The molecule has 5 aliphatic carbocycles. The highest BCUT2D eigenvalue weighted by Gasteiger charge is 2.70. The second-order valence-corrected chi connectivity index (χ2v) is 14.6. The molecule has 0 amide bonds. The van der Waals surface area contributed by atoms with Gasteiger partial charge in [-0.3, -0.25) is 4.79 Å². The summed E-state index contributed by atoms with van der Waals surface area (Å²) in [6.07, 6.45) is 10.8. The van der Waals surface area contributed by atoms with Gasteiger partial charge in [0.15, 0.2) is 5.78 Å². The van der Waals surface area contributed by atoms with Gasteiger partial charge in [-0.1, -0.05) is 47.1 Å². The van der Waals surface area contributed by atoms with E-state index in [4.69, 9.17) is 0 Å². The van der Waals surface area contributed by atoms with Gasteiger partial charge in [0.25, 0.3) is 0 Å². The van der Waals surface area contributed by atoms with E-state index in [1.165, 1.54) is 12.0 Å². The van der Waals surface area contributed by atoms with Gasteiger partial charge >= 0.3 is 0 Å². The van der Waals surface area contributed by atoms with E-state index >= 15 is 0 Å². The maximum Gasteiger partial charge on any atom is 0.159 e. The monoisotopic (exact) mass is 442 g/mol. The molecule has 0 aliphatic heterocycles. The summed E-state index contributed by atoms with van der Waals surface area (Å²) in [5.74, 6) is 1.06. The normalized spacial score (nSPS) is 56.9. The molecule has 0 bridgehead atoms. The Morgan fingerprint density at radius 3 is 2.22 bits per heavy atom. The third-order valence-electron chi connectivity index (χ3n) is 12.5. The van der Waals surface area contributed by atoms with Crippen molar-refractivity contribution >= 4 is 5.78 Å². The van der Waals surface area contributed by atoms with Crippen LogP contribution in [0.1, 0.15) is 106 Å². The summed E-state index contributed by atoms with van der Waals surface area (Å²) in [5.41, 5.74) is 0.697. The van der Waals surface area contributed by atoms with Crippen molar-refractivity contribution in [1.29, 1.82) is 0 Å². The summed E-state index contributed by atoms with van der Waals surface area (Å²) in [7, 11) is 0. The van der Waals surface area contributed by atoms with E-state index < -0.39 is 5.60 Å². The molecule has 0 saturated heterocycles. The average Bonchev–Trinajstić information content (AvgIpc) is 2.68. The van der Waals surface area contributed by atoms with Crippen LogP contribution in [0.2, 0.25) is 0 Å². The Kier molecular flexibility index (Phi) is 4.69. The molecule has 0 radical (unpaired) electrons. The van der Waals surface area contributed by atoms with Crippen LogP contribution in [0.15, 0.2) is 11.6 Å². The zero-order valence-corrected chi connectivity index (χ0v) is 21.6. The largest absolute Gasteiger partial charge is 0.393 e. The number of hydrogen-bond donors (Lipinski definition) is 2. The van der Waals surface area contributed by atoms with Crippen molar-refractivity contribution in [2.45, 2.75) is 118 Å². The molecule has 0 aromatic heterocycles. The van der Waals surface area contributed by atoms with Crippen LogP contribution in [0.5, 0.6) is 0 Å². The van der Waals surface area contributed by atoms with Gasteiger partial charge < -0.3 is 10.2 Å². The highest BCUT2D eigenvalue weighted by Crippen LogP contribution is 2.74. The Labute approximate surface area is 195 Å². The number of hydrogen-bond acceptors (Lipinski definition) is 3. The highest BCUT2D eigenvalue weighted by atomic mass is 16.3. The van der Waals surface area contributed by atoms with E-state index in [0.717, 1.165) is 51.4 Å². The van der Waals surface area contributed by atoms with Crippen LogP contribution in [0.3, 0.4) is 0 Å². The molecule has 5 aliphatic rings. The first-order valence-corrected chi connectivity index (χ1v) is 13.3. The van der Waals surface area contributed by atoms with Crippen molar-refractivity contribution in [3.05, 3.63) is 11.6 Å². The van der Waals surface area contributed by atoms with Crippen LogP contribution in [0.4, 0.5) is 0 Å². The van der Waals surface area contributed by atoms with E-state index in [2.05, 4.69) is 47.6 Å². The minimum atomic E-state index is -0.628. The number of allylic oxidation sites excluding steroid dienone is 2. The molecule has 5 rings (SSSR count). The molecule has 0 heterocycles. The molecule has 9 atom stereocenters. The van der Waals surface area contributed by atoms with Crippen molar-refractivity contribution in [2.75, 3.05) is 0 Å². The Hall–Kier alpha value is -0.670. The second kappa shape index (κ2) is 6.51. The fourth-order valence-electron chi connectivity index (χ4n) is 10.2. The van der Waals surface area contributed by atoms with Crippen molar-refractivity contribution in [1.82, 2.24) is 0 Å². The van der Waals surface area contributed by atoms with E-state index in [1.54, 1.807) is 0 Å². The molecule has 32 heavy (non-hydrogen) atoms. The van der Waals surface area contributed by atoms with Crippen LogP contribution in [0, 0.1) is 44.8 Å². The zero-order valence-electron chi connectivity index (χ0n) is 21.6. The number of aliphatic hydroxyl groups excluding tert-OH is 1. The van der Waals surface area contributed by atoms with Gasteiger partial charge in [0.05, 0.1) is 11.7 Å². The Morgan fingerprint density at radius 2 is 1.53 bits per heavy atom. The number of rotatable bonds is 0. The number of carbonyl (C=O) groups is 1. The van der Waals surface area contributed by atoms with Gasteiger partial charge in [-0.05, 0) is 110 Å². The summed E-state index contributed by atoms with van der Waals surface area (Å²) in [6, 6.07) is 0. The molecule has 180 valence electrons. The molecule has 0 spiro atoms. The maximum atomic E-state index is 14.1. The quantitative estimate of drug-likeness (QED) is 0.478. The number of carbonyl (C=O) groups excluding carboxylic acids is 1. The molecule has 4 fully saturated rings. The summed E-state index contributed by atoms with van der Waals surface area (Å²) < 4.78 is 0. The summed E-state index contributed by atoms with van der Waals surface area (Å²) in [5, 5.41) is 21.8. The Morgan fingerprint density at radius 1 is 0.875 bits per heavy atom. The highest BCUT2D eigenvalue weighted by molar-refractivity contribution is 5.95. The molecule has 4 saturated carbocycles. The van der Waals surface area contributed by atoms with E-state index in [1.807, 2.05) is 6.92 Å². The predicted octanol–water partition coefficient (Wildman–Crippen LogP) is 6.07. The molecule has 0 aromatic rings. The maximum absolute atomic E-state index is 14.1. The summed E-state index contributed by atoms with van der Waals surface area (Å²) in [6.45, 7) is 16.2. The van der Waals surface area contributed by atoms with Crippen LogP contribution >= 0.6 is 0 Å². The van der Waals surface area contributed by atoms with Crippen LogP contribution in [-0.4, -0.2) is 27.7 Å². The average molecular weight is 443 g/mol. The standard InChI is InChI=1S/C29H46O3/c1-24(2)21-8-11-29(7)23(27(21,5)10-9-22(24)31)20(30)16-18-19-17-26(4,32)14-12-25(19,3)13-15-28(18,29)6/h16,19,21-23,31-32H,8-15,17H2,1-7H3/t19-,21-,22-,23+,25+,26-,27-,28+,29+/m0/s1. The summed E-state index contributed by atoms with van der Waals surface area (Å²) >= 11 is 0. The lowest BCUT2D eigenvalue weighted by Crippen LogP contribution is -2.66. The SMILES string of the molecule is CC1(C)[C@@H](O)CC[C@]2(C)[C@H]3C(=O)C=C4[C@@H]5C[C@@](C)(O)CC[C@]5(C)CC[C@@]4(C)[C@]3(C)CC[C@@H]12. The van der Waals surface area contributed by atoms with Crippen molar-refractivity contribution < 1.29 is 15.0 Å². The third-order valence-corrected chi connectivity index (χ3v) is 12.5. The Balaban J connectivity index is 1.63. The second-order valence-electron chi connectivity index (χ2n) is 14.6. The lowest BCUT2D eigenvalue weighted by atomic mass is 9.33. The van der Waals surface area contributed by atoms with E-state index in [-0.39, 0.29) is 39.1 Å². The molecule has 3 nitrogen and oxygen atoms in total. The van der Waals surface area contributed by atoms with E-state index in [9.17, 15) is 15.0 Å². The Bertz CT molecular complexity index is 870. The van der Waals surface area contributed by atoms with Gasteiger partial charge in [0.1, 0.15) is 0 Å². The predicted molar refractivity (Wildman–Crippen MR) is 128 cm³/mol. The van der Waals surface area contributed by atoms with Gasteiger partial charge in [-0.25, -0.2) is 0 Å². The van der Waals surface area contributed by atoms with Crippen molar-refractivity contribution in [3.63, 3.8) is 0 Å². The topological polar surface area (TPSA) is 57.5 Å². The third kappa shape index (κ3) is 2.70. The fraction of sp³-hybridized carbons (Fsp3) is 0.897. The number of fused-ring (bicyclic) bond motifs is 7.